The van der Waals surface area contributed by atoms with Crippen molar-refractivity contribution in [1.29, 1.82) is 0 Å². The molecule has 1 aromatic carbocycles. The Hall–Kier alpha value is -2.74. The number of fused-ring (bicyclic) bond motifs is 3. The highest BCUT2D eigenvalue weighted by Gasteiger charge is 2.41. The molecule has 3 aliphatic heterocycles. The van der Waals surface area contributed by atoms with Gasteiger partial charge < -0.3 is 10.4 Å². The van der Waals surface area contributed by atoms with Gasteiger partial charge in [-0.05, 0) is 62.1 Å². The first-order valence-electron chi connectivity index (χ1n) is 10.9. The number of halogens is 1. The fraction of sp³-hybridized carbons (Fsp3) is 0.522. The number of hydrogen-bond donors (Lipinski definition) is 2. The molecule has 4 unspecified atom stereocenters. The van der Waals surface area contributed by atoms with Crippen molar-refractivity contribution >= 4 is 11.9 Å². The molecule has 2 aromatic rings. The number of nitrogens with one attached hydrogen (secondary N) is 1. The van der Waals surface area contributed by atoms with Crippen molar-refractivity contribution in [3.05, 3.63) is 41.8 Å². The van der Waals surface area contributed by atoms with Gasteiger partial charge in [0.25, 0.3) is 0 Å². The Morgan fingerprint density at radius 2 is 2.03 bits per heavy atom. The molecule has 5 rings (SSSR count). The van der Waals surface area contributed by atoms with E-state index in [2.05, 4.69) is 21.4 Å². The van der Waals surface area contributed by atoms with E-state index in [0.717, 1.165) is 37.2 Å². The highest BCUT2D eigenvalue weighted by Crippen LogP contribution is 2.42. The van der Waals surface area contributed by atoms with Gasteiger partial charge in [0, 0.05) is 56.2 Å². The summed E-state index contributed by atoms with van der Waals surface area (Å²) < 4.78 is 15.2. The maximum atomic E-state index is 13.2. The number of aromatic nitrogens is 2. The van der Waals surface area contributed by atoms with E-state index in [-0.39, 0.29) is 24.6 Å². The standard InChI is InChI=1S/C23H29FN4O3/c1-27-21(12-20(26-27)15-5-7-17(24)8-6-15)19-14-28-10-9-16(19)11-18(28)13-25-22(29)3-2-4-23(30)31/h5-8,12,16,18-19H,2-4,9-11,13-14H2,1H3,(H,25,29)(H,30,31). The lowest BCUT2D eigenvalue weighted by Gasteiger charge is -2.50. The molecule has 3 aliphatic rings. The molecule has 1 aromatic heterocycles. The Balaban J connectivity index is 1.36. The van der Waals surface area contributed by atoms with Gasteiger partial charge in [0.1, 0.15) is 5.82 Å². The first-order chi connectivity index (χ1) is 14.9. The second-order valence-corrected chi connectivity index (χ2v) is 8.68. The van der Waals surface area contributed by atoms with Crippen LogP contribution in [0.15, 0.2) is 30.3 Å². The Bertz CT molecular complexity index is 943. The quantitative estimate of drug-likeness (QED) is 0.675. The zero-order valence-electron chi connectivity index (χ0n) is 17.8. The van der Waals surface area contributed by atoms with Gasteiger partial charge in [0.2, 0.25) is 5.91 Å². The molecule has 7 nitrogen and oxygen atoms in total. The van der Waals surface area contributed by atoms with E-state index < -0.39 is 5.97 Å². The average molecular weight is 429 g/mol. The van der Waals surface area contributed by atoms with Crippen LogP contribution in [0.5, 0.6) is 0 Å². The van der Waals surface area contributed by atoms with Gasteiger partial charge in [0.05, 0.1) is 5.69 Å². The molecule has 8 heteroatoms. The number of benzene rings is 1. The van der Waals surface area contributed by atoms with Gasteiger partial charge in [-0.15, -0.1) is 0 Å². The predicted octanol–water partition coefficient (Wildman–Crippen LogP) is 2.78. The lowest BCUT2D eigenvalue weighted by molar-refractivity contribution is -0.137. The van der Waals surface area contributed by atoms with Crippen LogP contribution in [0.2, 0.25) is 0 Å². The molecule has 0 radical (unpaired) electrons. The average Bonchev–Trinajstić information content (AvgIpc) is 3.14. The number of carboxylic acids is 1. The highest BCUT2D eigenvalue weighted by molar-refractivity contribution is 5.76. The largest absolute Gasteiger partial charge is 0.481 e. The molecular formula is C23H29FN4O3. The van der Waals surface area contributed by atoms with E-state index in [0.29, 0.717) is 30.8 Å². The number of aliphatic carboxylic acids is 1. The molecule has 3 fully saturated rings. The molecule has 0 aliphatic carbocycles. The minimum Gasteiger partial charge on any atom is -0.481 e. The number of carbonyl (C=O) groups excluding carboxylic acids is 1. The summed E-state index contributed by atoms with van der Waals surface area (Å²) in [6, 6.07) is 8.87. The van der Waals surface area contributed by atoms with Crippen molar-refractivity contribution in [1.82, 2.24) is 20.0 Å². The van der Waals surface area contributed by atoms with Gasteiger partial charge in [-0.1, -0.05) is 0 Å². The number of hydrogen-bond acceptors (Lipinski definition) is 4. The smallest absolute Gasteiger partial charge is 0.303 e. The Morgan fingerprint density at radius 3 is 2.71 bits per heavy atom. The molecule has 2 N–H and O–H groups in total. The maximum absolute atomic E-state index is 13.2. The Labute approximate surface area is 181 Å². The van der Waals surface area contributed by atoms with Crippen LogP contribution in [0.3, 0.4) is 0 Å². The summed E-state index contributed by atoms with van der Waals surface area (Å²) in [6.45, 7) is 2.58. The molecule has 2 bridgehead atoms. The van der Waals surface area contributed by atoms with Crippen LogP contribution in [0, 0.1) is 11.7 Å². The van der Waals surface area contributed by atoms with Crippen molar-refractivity contribution in [2.75, 3.05) is 19.6 Å². The fourth-order valence-electron chi connectivity index (χ4n) is 5.00. The lowest BCUT2D eigenvalue weighted by atomic mass is 9.74. The van der Waals surface area contributed by atoms with Crippen LogP contribution in [-0.2, 0) is 16.6 Å². The summed E-state index contributed by atoms with van der Waals surface area (Å²) in [5.41, 5.74) is 2.97. The van der Waals surface area contributed by atoms with Crippen LogP contribution in [0.1, 0.15) is 43.7 Å². The minimum atomic E-state index is -0.868. The summed E-state index contributed by atoms with van der Waals surface area (Å²) in [4.78, 5) is 25.0. The van der Waals surface area contributed by atoms with E-state index in [1.54, 1.807) is 12.1 Å². The molecule has 166 valence electrons. The first-order valence-corrected chi connectivity index (χ1v) is 10.9. The number of carbonyl (C=O) groups is 2. The molecule has 4 atom stereocenters. The van der Waals surface area contributed by atoms with E-state index >= 15 is 0 Å². The Kier molecular flexibility index (Phi) is 6.36. The first kappa shape index (κ1) is 21.5. The predicted molar refractivity (Wildman–Crippen MR) is 114 cm³/mol. The molecular weight excluding hydrogens is 399 g/mol. The molecule has 4 heterocycles. The molecule has 31 heavy (non-hydrogen) atoms. The number of nitrogens with zero attached hydrogens (tertiary/aromatic N) is 3. The van der Waals surface area contributed by atoms with Crippen LogP contribution >= 0.6 is 0 Å². The second kappa shape index (κ2) is 9.18. The summed E-state index contributed by atoms with van der Waals surface area (Å²) in [6.07, 6.45) is 2.81. The van der Waals surface area contributed by atoms with Crippen LogP contribution in [0.4, 0.5) is 4.39 Å². The van der Waals surface area contributed by atoms with Crippen LogP contribution in [0.25, 0.3) is 11.3 Å². The van der Waals surface area contributed by atoms with Crippen molar-refractivity contribution in [3.8, 4) is 11.3 Å². The van der Waals surface area contributed by atoms with Crippen LogP contribution in [-0.4, -0.2) is 57.3 Å². The van der Waals surface area contributed by atoms with Crippen molar-refractivity contribution in [3.63, 3.8) is 0 Å². The van der Waals surface area contributed by atoms with Crippen molar-refractivity contribution in [2.45, 2.75) is 44.1 Å². The third kappa shape index (κ3) is 4.95. The van der Waals surface area contributed by atoms with E-state index in [1.165, 1.54) is 17.8 Å². The third-order valence-corrected chi connectivity index (χ3v) is 6.64. The number of rotatable bonds is 8. The van der Waals surface area contributed by atoms with Crippen molar-refractivity contribution in [2.24, 2.45) is 13.0 Å². The topological polar surface area (TPSA) is 87.5 Å². The second-order valence-electron chi connectivity index (χ2n) is 8.68. The van der Waals surface area contributed by atoms with Gasteiger partial charge in [-0.25, -0.2) is 4.39 Å². The summed E-state index contributed by atoms with van der Waals surface area (Å²) >= 11 is 0. The van der Waals surface area contributed by atoms with Gasteiger partial charge >= 0.3 is 5.97 Å². The van der Waals surface area contributed by atoms with Crippen LogP contribution < -0.4 is 5.32 Å². The van der Waals surface area contributed by atoms with E-state index in [9.17, 15) is 14.0 Å². The van der Waals surface area contributed by atoms with Gasteiger partial charge in [-0.2, -0.15) is 5.10 Å². The molecule has 1 amide bonds. The number of amides is 1. The zero-order valence-corrected chi connectivity index (χ0v) is 17.8. The lowest BCUT2D eigenvalue weighted by Crippen LogP contribution is -2.56. The summed E-state index contributed by atoms with van der Waals surface area (Å²) in [7, 11) is 1.97. The molecule has 0 spiro atoms. The van der Waals surface area contributed by atoms with Crippen molar-refractivity contribution < 1.29 is 19.1 Å². The number of piperidine rings is 3. The summed E-state index contributed by atoms with van der Waals surface area (Å²) in [5.74, 6) is -0.265. The normalized spacial score (nSPS) is 24.8. The molecule has 3 saturated heterocycles. The maximum Gasteiger partial charge on any atom is 0.303 e. The number of aryl methyl sites for hydroxylation is 1. The van der Waals surface area contributed by atoms with E-state index in [4.69, 9.17) is 5.11 Å². The van der Waals surface area contributed by atoms with Gasteiger partial charge in [-0.3, -0.25) is 19.2 Å². The third-order valence-electron chi connectivity index (χ3n) is 6.64. The minimum absolute atomic E-state index is 0.0251. The monoisotopic (exact) mass is 428 g/mol. The fourth-order valence-corrected chi connectivity index (χ4v) is 5.00. The SMILES string of the molecule is Cn1nc(-c2ccc(F)cc2)cc1C1CN2CCC1CC2CNC(=O)CCCC(=O)O. The Morgan fingerprint density at radius 1 is 1.26 bits per heavy atom. The molecule has 0 saturated carbocycles. The van der Waals surface area contributed by atoms with E-state index in [1.807, 2.05) is 11.7 Å². The van der Waals surface area contributed by atoms with Gasteiger partial charge in [0.15, 0.2) is 0 Å². The summed E-state index contributed by atoms with van der Waals surface area (Å²) in [5, 5.41) is 16.3. The highest BCUT2D eigenvalue weighted by atomic mass is 19.1. The zero-order chi connectivity index (χ0) is 22.0. The number of carboxylic acid groups (broad SMARTS) is 1.